The molecule has 0 fully saturated rings. The third-order valence-corrected chi connectivity index (χ3v) is 4.55. The van der Waals surface area contributed by atoms with Crippen LogP contribution in [0.25, 0.3) is 10.2 Å². The molecule has 25 heavy (non-hydrogen) atoms. The largest absolute Gasteiger partial charge is 0.454 e. The van der Waals surface area contributed by atoms with Crippen LogP contribution in [0.5, 0.6) is 0 Å². The molecule has 0 N–H and O–H groups in total. The lowest BCUT2D eigenvalue weighted by Crippen LogP contribution is -2.21. The number of rotatable bonds is 4. The quantitative estimate of drug-likeness (QED) is 0.584. The van der Waals surface area contributed by atoms with Crippen LogP contribution in [-0.2, 0) is 4.79 Å². The minimum absolute atomic E-state index is 0.488. The standard InChI is InChI=1S/C18H13F3N2OS/c1-12-6-2-4-8-14(12)23(11-10-16(24)18(19,20)21)17-22-13-7-3-5-9-15(13)25-17/h2-11H,1H3. The number of carbonyl (C=O) groups excluding carboxylic acids is 1. The topological polar surface area (TPSA) is 33.2 Å². The van der Waals surface area contributed by atoms with E-state index < -0.39 is 12.0 Å². The molecule has 0 spiro atoms. The molecule has 128 valence electrons. The number of benzene rings is 2. The van der Waals surface area contributed by atoms with Crippen LogP contribution >= 0.6 is 11.3 Å². The van der Waals surface area contributed by atoms with Crippen molar-refractivity contribution in [1.82, 2.24) is 4.98 Å². The Morgan fingerprint density at radius 2 is 1.80 bits per heavy atom. The van der Waals surface area contributed by atoms with E-state index in [9.17, 15) is 18.0 Å². The molecule has 0 aliphatic carbocycles. The van der Waals surface area contributed by atoms with Crippen LogP contribution in [0, 0.1) is 6.92 Å². The van der Waals surface area contributed by atoms with Gasteiger partial charge in [-0.1, -0.05) is 41.7 Å². The highest BCUT2D eigenvalue weighted by molar-refractivity contribution is 7.22. The summed E-state index contributed by atoms with van der Waals surface area (Å²) in [5.41, 5.74) is 2.26. The zero-order valence-corrected chi connectivity index (χ0v) is 13.9. The summed E-state index contributed by atoms with van der Waals surface area (Å²) < 4.78 is 38.5. The van der Waals surface area contributed by atoms with E-state index in [1.807, 2.05) is 43.3 Å². The number of halogens is 3. The van der Waals surface area contributed by atoms with E-state index in [-0.39, 0.29) is 0 Å². The number of hydrogen-bond acceptors (Lipinski definition) is 4. The number of nitrogens with zero attached hydrogens (tertiary/aromatic N) is 2. The fraction of sp³-hybridized carbons (Fsp3) is 0.111. The summed E-state index contributed by atoms with van der Waals surface area (Å²) in [4.78, 5) is 17.2. The summed E-state index contributed by atoms with van der Waals surface area (Å²) in [7, 11) is 0. The molecule has 7 heteroatoms. The first kappa shape index (κ1) is 17.2. The molecule has 1 aromatic heterocycles. The van der Waals surface area contributed by atoms with E-state index in [0.29, 0.717) is 16.9 Å². The minimum atomic E-state index is -4.90. The van der Waals surface area contributed by atoms with Gasteiger partial charge in [-0.05, 0) is 30.7 Å². The number of hydrogen-bond donors (Lipinski definition) is 0. The van der Waals surface area contributed by atoms with E-state index >= 15 is 0 Å². The fourth-order valence-electron chi connectivity index (χ4n) is 2.28. The lowest BCUT2D eigenvalue weighted by molar-refractivity contribution is -0.165. The molecule has 3 rings (SSSR count). The zero-order valence-electron chi connectivity index (χ0n) is 13.1. The van der Waals surface area contributed by atoms with E-state index in [0.717, 1.165) is 22.0 Å². The third-order valence-electron chi connectivity index (χ3n) is 3.52. The average Bonchev–Trinajstić information content (AvgIpc) is 2.99. The first-order valence-electron chi connectivity index (χ1n) is 7.36. The number of para-hydroxylation sites is 2. The number of allylic oxidation sites excluding steroid dienone is 1. The lowest BCUT2D eigenvalue weighted by Gasteiger charge is -2.19. The van der Waals surface area contributed by atoms with Crippen LogP contribution in [0.4, 0.5) is 24.0 Å². The summed E-state index contributed by atoms with van der Waals surface area (Å²) in [6.45, 7) is 1.84. The van der Waals surface area contributed by atoms with E-state index in [2.05, 4.69) is 4.98 Å². The van der Waals surface area contributed by atoms with Crippen molar-refractivity contribution >= 4 is 38.2 Å². The molecular weight excluding hydrogens is 349 g/mol. The zero-order chi connectivity index (χ0) is 18.0. The van der Waals surface area contributed by atoms with Gasteiger partial charge in [0, 0.05) is 12.3 Å². The Labute approximate surface area is 146 Å². The number of aryl methyl sites for hydroxylation is 1. The average molecular weight is 362 g/mol. The molecule has 0 saturated heterocycles. The maximum absolute atomic E-state index is 12.5. The van der Waals surface area contributed by atoms with Gasteiger partial charge in [-0.3, -0.25) is 9.69 Å². The monoisotopic (exact) mass is 362 g/mol. The van der Waals surface area contributed by atoms with Gasteiger partial charge < -0.3 is 0 Å². The Hall–Kier alpha value is -2.67. The second kappa shape index (κ2) is 6.68. The van der Waals surface area contributed by atoms with E-state index in [1.165, 1.54) is 16.2 Å². The second-order valence-electron chi connectivity index (χ2n) is 5.30. The first-order chi connectivity index (χ1) is 11.9. The number of fused-ring (bicyclic) bond motifs is 1. The molecule has 0 bridgehead atoms. The van der Waals surface area contributed by atoms with Gasteiger partial charge in [-0.2, -0.15) is 13.2 Å². The van der Waals surface area contributed by atoms with Crippen LogP contribution in [0.2, 0.25) is 0 Å². The van der Waals surface area contributed by atoms with Gasteiger partial charge in [-0.15, -0.1) is 0 Å². The number of carbonyl (C=O) groups is 1. The van der Waals surface area contributed by atoms with Crippen molar-refractivity contribution in [3.05, 3.63) is 66.4 Å². The molecule has 0 amide bonds. The third kappa shape index (κ3) is 3.71. The normalized spacial score (nSPS) is 12.0. The summed E-state index contributed by atoms with van der Waals surface area (Å²) in [6.07, 6.45) is -3.25. The van der Waals surface area contributed by atoms with Crippen molar-refractivity contribution in [1.29, 1.82) is 0 Å². The van der Waals surface area contributed by atoms with Gasteiger partial charge >= 0.3 is 6.18 Å². The molecule has 3 aromatic rings. The number of ketones is 1. The van der Waals surface area contributed by atoms with Crippen LogP contribution in [0.1, 0.15) is 5.56 Å². The van der Waals surface area contributed by atoms with Gasteiger partial charge in [0.2, 0.25) is 0 Å². The molecule has 3 nitrogen and oxygen atoms in total. The fourth-order valence-corrected chi connectivity index (χ4v) is 3.24. The number of anilines is 2. The maximum atomic E-state index is 12.5. The molecule has 0 saturated carbocycles. The van der Waals surface area contributed by atoms with Crippen LogP contribution in [0.3, 0.4) is 0 Å². The van der Waals surface area contributed by atoms with Gasteiger partial charge in [0.1, 0.15) is 0 Å². The van der Waals surface area contributed by atoms with Gasteiger partial charge in [-0.25, -0.2) is 4.98 Å². The summed E-state index contributed by atoms with van der Waals surface area (Å²) >= 11 is 1.34. The number of thiazole rings is 1. The molecule has 1 heterocycles. The van der Waals surface area contributed by atoms with Gasteiger partial charge in [0.15, 0.2) is 5.13 Å². The van der Waals surface area contributed by atoms with Crippen LogP contribution in [0.15, 0.2) is 60.8 Å². The van der Waals surface area contributed by atoms with Crippen molar-refractivity contribution < 1.29 is 18.0 Å². The van der Waals surface area contributed by atoms with Crippen molar-refractivity contribution in [3.8, 4) is 0 Å². The summed E-state index contributed by atoms with van der Waals surface area (Å²) in [6, 6.07) is 14.6. The molecule has 2 aromatic carbocycles. The highest BCUT2D eigenvalue weighted by Crippen LogP contribution is 2.35. The Balaban J connectivity index is 2.07. The molecule has 0 aliphatic heterocycles. The first-order valence-corrected chi connectivity index (χ1v) is 8.18. The van der Waals surface area contributed by atoms with Crippen LogP contribution < -0.4 is 4.90 Å². The minimum Gasteiger partial charge on any atom is -0.293 e. The van der Waals surface area contributed by atoms with Crippen molar-refractivity contribution in [2.45, 2.75) is 13.1 Å². The lowest BCUT2D eigenvalue weighted by atomic mass is 10.2. The Morgan fingerprint density at radius 3 is 2.48 bits per heavy atom. The van der Waals surface area contributed by atoms with Crippen LogP contribution in [-0.4, -0.2) is 16.9 Å². The molecular formula is C18H13F3N2OS. The highest BCUT2D eigenvalue weighted by Gasteiger charge is 2.36. The number of aromatic nitrogens is 1. The van der Waals surface area contributed by atoms with Crippen molar-refractivity contribution in [2.75, 3.05) is 4.90 Å². The Morgan fingerprint density at radius 1 is 1.12 bits per heavy atom. The second-order valence-corrected chi connectivity index (χ2v) is 6.31. The predicted octanol–water partition coefficient (Wildman–Crippen LogP) is 5.39. The highest BCUT2D eigenvalue weighted by atomic mass is 32.1. The predicted molar refractivity (Wildman–Crippen MR) is 93.1 cm³/mol. The smallest absolute Gasteiger partial charge is 0.293 e. The molecule has 0 aliphatic rings. The molecule has 0 radical (unpaired) electrons. The Kier molecular flexibility index (Phi) is 4.59. The maximum Gasteiger partial charge on any atom is 0.454 e. The van der Waals surface area contributed by atoms with E-state index in [1.54, 1.807) is 12.1 Å². The SMILES string of the molecule is Cc1ccccc1N(C=CC(=O)C(F)(F)F)c1nc2ccccc2s1. The Bertz CT molecular complexity index is 914. The van der Waals surface area contributed by atoms with E-state index in [4.69, 9.17) is 0 Å². The summed E-state index contributed by atoms with van der Waals surface area (Å²) in [5, 5.41) is 0.488. The van der Waals surface area contributed by atoms with Gasteiger partial charge in [0.25, 0.3) is 5.78 Å². The summed E-state index contributed by atoms with van der Waals surface area (Å²) in [5.74, 6) is -1.91. The number of alkyl halides is 3. The molecule has 0 unspecified atom stereocenters. The van der Waals surface area contributed by atoms with Gasteiger partial charge in [0.05, 0.1) is 15.9 Å². The van der Waals surface area contributed by atoms with Crippen molar-refractivity contribution in [2.24, 2.45) is 0 Å². The van der Waals surface area contributed by atoms with Crippen molar-refractivity contribution in [3.63, 3.8) is 0 Å². The molecule has 0 atom stereocenters.